The fraction of sp³-hybridized carbons (Fsp3) is 0.375. The molecule has 4 rings (SSSR count). The van der Waals surface area contributed by atoms with Crippen molar-refractivity contribution in [2.24, 2.45) is 0 Å². The van der Waals surface area contributed by atoms with E-state index < -0.39 is 11.6 Å². The molecule has 0 saturated carbocycles. The van der Waals surface area contributed by atoms with E-state index in [1.54, 1.807) is 31.4 Å². The second-order valence-corrected chi connectivity index (χ2v) is 8.22. The molecule has 7 heteroatoms. The fourth-order valence-corrected chi connectivity index (χ4v) is 4.65. The molecule has 1 saturated heterocycles. The number of carbonyl (C=O) groups excluding carboxylic acids is 3. The minimum Gasteiger partial charge on any atom is -0.496 e. The first kappa shape index (κ1) is 20.9. The van der Waals surface area contributed by atoms with Gasteiger partial charge in [0.25, 0.3) is 5.91 Å². The van der Waals surface area contributed by atoms with Crippen molar-refractivity contribution in [3.63, 3.8) is 0 Å². The van der Waals surface area contributed by atoms with Crippen molar-refractivity contribution in [2.45, 2.75) is 51.9 Å². The average Bonchev–Trinajstić information content (AvgIpc) is 3.10. The Morgan fingerprint density at radius 3 is 2.61 bits per heavy atom. The Morgan fingerprint density at radius 1 is 1.16 bits per heavy atom. The maximum atomic E-state index is 13.6. The molecule has 2 amide bonds. The summed E-state index contributed by atoms with van der Waals surface area (Å²) >= 11 is 0. The van der Waals surface area contributed by atoms with Crippen molar-refractivity contribution in [3.05, 3.63) is 59.2 Å². The Balaban J connectivity index is 1.75. The van der Waals surface area contributed by atoms with Crippen LogP contribution in [0.5, 0.6) is 5.75 Å². The van der Waals surface area contributed by atoms with E-state index in [1.807, 2.05) is 39.0 Å². The molecule has 1 fully saturated rings. The molecule has 2 heterocycles. The zero-order valence-corrected chi connectivity index (χ0v) is 18.2. The maximum absolute atomic E-state index is 13.6. The molecule has 2 aliphatic rings. The summed E-state index contributed by atoms with van der Waals surface area (Å²) in [7, 11) is 1.56. The predicted octanol–water partition coefficient (Wildman–Crippen LogP) is 3.43. The van der Waals surface area contributed by atoms with Crippen molar-refractivity contribution >= 4 is 23.5 Å². The zero-order valence-electron chi connectivity index (χ0n) is 18.2. The van der Waals surface area contributed by atoms with E-state index in [9.17, 15) is 14.4 Å². The van der Waals surface area contributed by atoms with E-state index in [0.717, 1.165) is 11.1 Å². The largest absolute Gasteiger partial charge is 0.496 e. The van der Waals surface area contributed by atoms with Crippen LogP contribution < -0.4 is 9.64 Å². The number of hydrogen-bond donors (Lipinski definition) is 0. The highest BCUT2D eigenvalue weighted by molar-refractivity contribution is 6.15. The molecule has 31 heavy (non-hydrogen) atoms. The number of hydrogen-bond acceptors (Lipinski definition) is 5. The van der Waals surface area contributed by atoms with Crippen molar-refractivity contribution in [1.82, 2.24) is 4.90 Å². The lowest BCUT2D eigenvalue weighted by atomic mass is 9.95. The highest BCUT2D eigenvalue weighted by Crippen LogP contribution is 2.46. The highest BCUT2D eigenvalue weighted by atomic mass is 16.5. The van der Waals surface area contributed by atoms with Gasteiger partial charge in [-0.05, 0) is 45.0 Å². The number of carbonyl (C=O) groups is 3. The van der Waals surface area contributed by atoms with E-state index in [1.165, 1.54) is 9.80 Å². The number of benzene rings is 2. The highest BCUT2D eigenvalue weighted by Gasteiger charge is 2.62. The van der Waals surface area contributed by atoms with E-state index in [0.29, 0.717) is 17.0 Å². The first-order valence-corrected chi connectivity index (χ1v) is 10.4. The standard InChI is InChI=1S/C24H26N2O5/c1-15(2)25-22(28)18-7-5-6-8-19(18)26-21(27)11-12-24(25,26)23(29)31-14-17-13-16(3)9-10-20(17)30-4/h5-10,13,15H,11-12,14H2,1-4H3/t24-/m0/s1. The molecule has 0 aromatic heterocycles. The van der Waals surface area contributed by atoms with Gasteiger partial charge < -0.3 is 14.4 Å². The van der Waals surface area contributed by atoms with Crippen molar-refractivity contribution in [3.8, 4) is 5.75 Å². The van der Waals surface area contributed by atoms with Crippen molar-refractivity contribution < 1.29 is 23.9 Å². The van der Waals surface area contributed by atoms with Gasteiger partial charge in [0.2, 0.25) is 11.6 Å². The Morgan fingerprint density at radius 2 is 1.90 bits per heavy atom. The Hall–Kier alpha value is -3.35. The van der Waals surface area contributed by atoms with Crippen LogP contribution >= 0.6 is 0 Å². The summed E-state index contributed by atoms with van der Waals surface area (Å²) in [6, 6.07) is 12.2. The number of methoxy groups -OCH3 is 1. The summed E-state index contributed by atoms with van der Waals surface area (Å²) in [6.07, 6.45) is 0.349. The molecule has 0 unspecified atom stereocenters. The molecular formula is C24H26N2O5. The molecule has 0 N–H and O–H groups in total. The molecular weight excluding hydrogens is 396 g/mol. The molecule has 2 aliphatic heterocycles. The molecule has 162 valence electrons. The average molecular weight is 422 g/mol. The number of rotatable bonds is 5. The van der Waals surface area contributed by atoms with Crippen molar-refractivity contribution in [1.29, 1.82) is 0 Å². The minimum atomic E-state index is -1.49. The van der Waals surface area contributed by atoms with Crippen LogP contribution in [-0.4, -0.2) is 41.5 Å². The van der Waals surface area contributed by atoms with Crippen LogP contribution in [0.1, 0.15) is 48.2 Å². The lowest BCUT2D eigenvalue weighted by Gasteiger charge is -2.50. The number of amides is 2. The Kier molecular flexibility index (Phi) is 5.21. The number of ether oxygens (including phenoxy) is 2. The SMILES string of the molecule is COc1ccc(C)cc1COC(=O)[C@]12CCC(=O)N1c1ccccc1C(=O)N2C(C)C. The number of aryl methyl sites for hydroxylation is 1. The lowest BCUT2D eigenvalue weighted by Crippen LogP contribution is -2.70. The quantitative estimate of drug-likeness (QED) is 0.690. The van der Waals surface area contributed by atoms with Crippen LogP contribution in [0.25, 0.3) is 0 Å². The summed E-state index contributed by atoms with van der Waals surface area (Å²) in [6.45, 7) is 5.60. The van der Waals surface area contributed by atoms with Gasteiger partial charge in [-0.15, -0.1) is 0 Å². The van der Waals surface area contributed by atoms with Gasteiger partial charge in [0, 0.05) is 24.4 Å². The van der Waals surface area contributed by atoms with Crippen LogP contribution in [0.4, 0.5) is 5.69 Å². The Bertz CT molecular complexity index is 1060. The van der Waals surface area contributed by atoms with Crippen LogP contribution in [-0.2, 0) is 20.9 Å². The molecule has 0 radical (unpaired) electrons. The van der Waals surface area contributed by atoms with Crippen LogP contribution in [0.3, 0.4) is 0 Å². The topological polar surface area (TPSA) is 76.1 Å². The minimum absolute atomic E-state index is 0.0186. The summed E-state index contributed by atoms with van der Waals surface area (Å²) < 4.78 is 11.1. The van der Waals surface area contributed by atoms with Crippen LogP contribution in [0.2, 0.25) is 0 Å². The number of nitrogens with zero attached hydrogens (tertiary/aromatic N) is 2. The van der Waals surface area contributed by atoms with E-state index in [2.05, 4.69) is 0 Å². The maximum Gasteiger partial charge on any atom is 0.354 e. The third kappa shape index (κ3) is 3.15. The molecule has 7 nitrogen and oxygen atoms in total. The van der Waals surface area contributed by atoms with Crippen molar-refractivity contribution in [2.75, 3.05) is 12.0 Å². The molecule has 1 atom stereocenters. The normalized spacial score (nSPS) is 20.0. The second-order valence-electron chi connectivity index (χ2n) is 8.22. The first-order valence-electron chi connectivity index (χ1n) is 10.4. The monoisotopic (exact) mass is 422 g/mol. The fourth-order valence-electron chi connectivity index (χ4n) is 4.65. The van der Waals surface area contributed by atoms with Gasteiger partial charge in [-0.1, -0.05) is 23.8 Å². The third-order valence-electron chi connectivity index (χ3n) is 5.94. The number of para-hydroxylation sites is 1. The van der Waals surface area contributed by atoms with Gasteiger partial charge in [0.05, 0.1) is 18.4 Å². The molecule has 2 aromatic rings. The summed E-state index contributed by atoms with van der Waals surface area (Å²) in [5.74, 6) is -0.475. The van der Waals surface area contributed by atoms with Crippen LogP contribution in [0, 0.1) is 6.92 Å². The van der Waals surface area contributed by atoms with Gasteiger partial charge in [-0.3, -0.25) is 14.5 Å². The Labute approximate surface area is 181 Å². The summed E-state index contributed by atoms with van der Waals surface area (Å²) in [5, 5.41) is 0. The number of anilines is 1. The van der Waals surface area contributed by atoms with Gasteiger partial charge in [-0.2, -0.15) is 0 Å². The summed E-state index contributed by atoms with van der Waals surface area (Å²) in [4.78, 5) is 42.9. The van der Waals surface area contributed by atoms with Gasteiger partial charge in [0.1, 0.15) is 12.4 Å². The van der Waals surface area contributed by atoms with Gasteiger partial charge in [0.15, 0.2) is 0 Å². The molecule has 0 spiro atoms. The second kappa shape index (κ2) is 7.72. The number of esters is 1. The van der Waals surface area contributed by atoms with E-state index in [-0.39, 0.29) is 37.3 Å². The molecule has 0 bridgehead atoms. The number of fused-ring (bicyclic) bond motifs is 3. The van der Waals surface area contributed by atoms with Gasteiger partial charge in [-0.25, -0.2) is 4.79 Å². The lowest BCUT2D eigenvalue weighted by molar-refractivity contribution is -0.159. The van der Waals surface area contributed by atoms with E-state index in [4.69, 9.17) is 9.47 Å². The third-order valence-corrected chi connectivity index (χ3v) is 5.94. The zero-order chi connectivity index (χ0) is 22.3. The summed E-state index contributed by atoms with van der Waals surface area (Å²) in [5.41, 5.74) is 1.11. The first-order chi connectivity index (χ1) is 14.8. The van der Waals surface area contributed by atoms with E-state index >= 15 is 0 Å². The molecule has 2 aromatic carbocycles. The smallest absolute Gasteiger partial charge is 0.354 e. The predicted molar refractivity (Wildman–Crippen MR) is 115 cm³/mol. The van der Waals surface area contributed by atoms with Crippen LogP contribution in [0.15, 0.2) is 42.5 Å². The van der Waals surface area contributed by atoms with Gasteiger partial charge >= 0.3 is 5.97 Å². The molecule has 0 aliphatic carbocycles.